The molecule has 0 spiro atoms. The van der Waals surface area contributed by atoms with Crippen molar-refractivity contribution in [2.75, 3.05) is 26.6 Å². The van der Waals surface area contributed by atoms with E-state index in [9.17, 15) is 0 Å². The third-order valence-corrected chi connectivity index (χ3v) is 5.47. The number of nitrogens with one attached hydrogen (secondary N) is 2. The summed E-state index contributed by atoms with van der Waals surface area (Å²) in [6, 6.07) is 11.4. The van der Waals surface area contributed by atoms with E-state index in [1.807, 2.05) is 31.2 Å². The van der Waals surface area contributed by atoms with Gasteiger partial charge in [0.25, 0.3) is 0 Å². The summed E-state index contributed by atoms with van der Waals surface area (Å²) in [6.07, 6.45) is 5.17. The molecule has 10 heteroatoms. The van der Waals surface area contributed by atoms with Crippen LogP contribution in [0.5, 0.6) is 17.2 Å². The quantitative estimate of drug-likeness (QED) is 0.350. The molecule has 5 rings (SSSR count). The van der Waals surface area contributed by atoms with Gasteiger partial charge in [-0.2, -0.15) is 5.10 Å². The molecule has 0 saturated carbocycles. The molecule has 0 bridgehead atoms. The maximum Gasteiger partial charge on any atom is 0.245 e. The van der Waals surface area contributed by atoms with Gasteiger partial charge in [-0.25, -0.2) is 14.5 Å². The molecule has 3 heterocycles. The van der Waals surface area contributed by atoms with Crippen LogP contribution in [0.2, 0.25) is 0 Å². The van der Waals surface area contributed by atoms with Crippen LogP contribution in [0.3, 0.4) is 0 Å². The fourth-order valence-corrected chi connectivity index (χ4v) is 3.75. The highest BCUT2D eigenvalue weighted by Gasteiger charge is 2.16. The van der Waals surface area contributed by atoms with Gasteiger partial charge in [-0.05, 0) is 19.1 Å². The van der Waals surface area contributed by atoms with Crippen LogP contribution in [0.4, 0.5) is 11.6 Å². The second-order valence-corrected chi connectivity index (χ2v) is 7.76. The molecule has 0 unspecified atom stereocenters. The van der Waals surface area contributed by atoms with E-state index in [-0.39, 0.29) is 0 Å². The third kappa shape index (κ3) is 4.37. The molecule has 0 atom stereocenters. The van der Waals surface area contributed by atoms with Gasteiger partial charge in [0, 0.05) is 35.1 Å². The number of H-pyrrole nitrogens is 1. The number of hydrogen-bond acceptors (Lipinski definition) is 8. The van der Waals surface area contributed by atoms with Crippen LogP contribution < -0.4 is 19.5 Å². The first kappa shape index (κ1) is 22.7. The second kappa shape index (κ2) is 9.68. The van der Waals surface area contributed by atoms with Gasteiger partial charge in [-0.15, -0.1) is 5.10 Å². The summed E-state index contributed by atoms with van der Waals surface area (Å²) in [5.41, 5.74) is 4.86. The zero-order valence-electron chi connectivity index (χ0n) is 20.2. The molecule has 36 heavy (non-hydrogen) atoms. The normalized spacial score (nSPS) is 10.6. The number of anilines is 2. The van der Waals surface area contributed by atoms with Crippen molar-refractivity contribution < 1.29 is 14.2 Å². The standard InChI is InChI=1S/C26H23N7O3/c1-16-21-15-27-26(31-20-11-22(34-2)24(36-4)23(12-20)35-3)32-33(21)25(30-16)19-7-5-6-17(10-19)8-9-18-13-28-29-14-18/h5-7,10-15H,1-4H3,(H,28,29)(H,31,32). The van der Waals surface area contributed by atoms with E-state index in [2.05, 4.69) is 32.3 Å². The number of methoxy groups -OCH3 is 3. The largest absolute Gasteiger partial charge is 0.493 e. The van der Waals surface area contributed by atoms with Crippen molar-refractivity contribution in [3.63, 3.8) is 0 Å². The van der Waals surface area contributed by atoms with Crippen LogP contribution in [0.15, 0.2) is 55.0 Å². The van der Waals surface area contributed by atoms with Gasteiger partial charge in [-0.1, -0.05) is 24.0 Å². The van der Waals surface area contributed by atoms with Gasteiger partial charge >= 0.3 is 0 Å². The first-order valence-corrected chi connectivity index (χ1v) is 11.0. The van der Waals surface area contributed by atoms with Crippen LogP contribution in [0.25, 0.3) is 16.9 Å². The Hall–Kier alpha value is -5.04. The Morgan fingerprint density at radius 3 is 2.42 bits per heavy atom. The number of nitrogens with zero attached hydrogens (tertiary/aromatic N) is 5. The lowest BCUT2D eigenvalue weighted by atomic mass is 10.1. The van der Waals surface area contributed by atoms with E-state index in [1.165, 1.54) is 0 Å². The van der Waals surface area contributed by atoms with Crippen molar-refractivity contribution >= 4 is 17.2 Å². The van der Waals surface area contributed by atoms with E-state index in [1.54, 1.807) is 56.6 Å². The number of benzene rings is 2. The fourth-order valence-electron chi connectivity index (χ4n) is 3.75. The van der Waals surface area contributed by atoms with Crippen molar-refractivity contribution in [3.05, 3.63) is 71.8 Å². The van der Waals surface area contributed by atoms with Crippen LogP contribution in [-0.2, 0) is 0 Å². The highest BCUT2D eigenvalue weighted by Crippen LogP contribution is 2.40. The van der Waals surface area contributed by atoms with E-state index >= 15 is 0 Å². The van der Waals surface area contributed by atoms with Crippen molar-refractivity contribution in [2.45, 2.75) is 6.92 Å². The molecule has 2 N–H and O–H groups in total. The molecular weight excluding hydrogens is 458 g/mol. The number of aromatic nitrogens is 6. The molecule has 0 saturated heterocycles. The number of ether oxygens (including phenoxy) is 3. The average molecular weight is 482 g/mol. The van der Waals surface area contributed by atoms with Gasteiger partial charge in [0.2, 0.25) is 11.7 Å². The van der Waals surface area contributed by atoms with Crippen molar-refractivity contribution in [3.8, 4) is 40.5 Å². The summed E-state index contributed by atoms with van der Waals surface area (Å²) in [5.74, 6) is 8.86. The highest BCUT2D eigenvalue weighted by molar-refractivity contribution is 5.68. The SMILES string of the molecule is COc1cc(Nc2ncc3c(C)nc(-c4cccc(C#Cc5cn[nH]c5)c4)n3n2)cc(OC)c1OC. The molecule has 180 valence electrons. The molecule has 0 fully saturated rings. The molecule has 3 aromatic heterocycles. The number of aromatic amines is 1. The lowest BCUT2D eigenvalue weighted by molar-refractivity contribution is 0.324. The highest BCUT2D eigenvalue weighted by atomic mass is 16.5. The molecule has 0 amide bonds. The Morgan fingerprint density at radius 1 is 0.944 bits per heavy atom. The lowest BCUT2D eigenvalue weighted by Gasteiger charge is -2.14. The Bertz CT molecular complexity index is 1570. The van der Waals surface area contributed by atoms with Crippen molar-refractivity contribution in [1.82, 2.24) is 29.8 Å². The Morgan fingerprint density at radius 2 is 1.72 bits per heavy atom. The molecule has 5 aromatic rings. The maximum atomic E-state index is 5.44. The van der Waals surface area contributed by atoms with Gasteiger partial charge in [0.05, 0.1) is 45.0 Å². The number of hydrogen-bond donors (Lipinski definition) is 2. The summed E-state index contributed by atoms with van der Waals surface area (Å²) in [4.78, 5) is 9.22. The van der Waals surface area contributed by atoms with Gasteiger partial charge in [0.15, 0.2) is 17.3 Å². The average Bonchev–Trinajstić information content (AvgIpc) is 3.55. The van der Waals surface area contributed by atoms with E-state index in [4.69, 9.17) is 24.3 Å². The predicted octanol–water partition coefficient (Wildman–Crippen LogP) is 3.99. The Labute approximate surface area is 207 Å². The number of aryl methyl sites for hydroxylation is 1. The minimum Gasteiger partial charge on any atom is -0.493 e. The van der Waals surface area contributed by atoms with E-state index in [0.29, 0.717) is 34.7 Å². The predicted molar refractivity (Wildman–Crippen MR) is 135 cm³/mol. The van der Waals surface area contributed by atoms with Crippen molar-refractivity contribution in [1.29, 1.82) is 0 Å². The Kier molecular flexibility index (Phi) is 6.11. The molecule has 10 nitrogen and oxygen atoms in total. The minimum absolute atomic E-state index is 0.381. The molecule has 0 aliphatic heterocycles. The number of rotatable bonds is 6. The zero-order valence-corrected chi connectivity index (χ0v) is 20.2. The molecule has 0 radical (unpaired) electrons. The first-order chi connectivity index (χ1) is 17.6. The summed E-state index contributed by atoms with van der Waals surface area (Å²) in [7, 11) is 4.70. The van der Waals surface area contributed by atoms with Gasteiger partial charge in [-0.3, -0.25) is 5.10 Å². The van der Waals surface area contributed by atoms with Crippen LogP contribution in [-0.4, -0.2) is 51.1 Å². The van der Waals surface area contributed by atoms with Crippen LogP contribution in [0.1, 0.15) is 16.8 Å². The van der Waals surface area contributed by atoms with Gasteiger partial charge in [0.1, 0.15) is 5.52 Å². The first-order valence-electron chi connectivity index (χ1n) is 11.0. The molecular formula is C26H23N7O3. The van der Waals surface area contributed by atoms with Crippen LogP contribution >= 0.6 is 0 Å². The lowest BCUT2D eigenvalue weighted by Crippen LogP contribution is -2.04. The Balaban J connectivity index is 1.51. The monoisotopic (exact) mass is 481 g/mol. The second-order valence-electron chi connectivity index (χ2n) is 7.76. The van der Waals surface area contributed by atoms with Gasteiger partial charge < -0.3 is 19.5 Å². The minimum atomic E-state index is 0.381. The number of fused-ring (bicyclic) bond motifs is 1. The fraction of sp³-hybridized carbons (Fsp3) is 0.154. The summed E-state index contributed by atoms with van der Waals surface area (Å²) in [5, 5.41) is 14.6. The summed E-state index contributed by atoms with van der Waals surface area (Å²) < 4.78 is 18.1. The summed E-state index contributed by atoms with van der Waals surface area (Å²) in [6.45, 7) is 1.93. The maximum absolute atomic E-state index is 5.44. The smallest absolute Gasteiger partial charge is 0.245 e. The van der Waals surface area contributed by atoms with E-state index in [0.717, 1.165) is 27.9 Å². The topological polar surface area (TPSA) is 111 Å². The van der Waals surface area contributed by atoms with Crippen LogP contribution in [0, 0.1) is 18.8 Å². The summed E-state index contributed by atoms with van der Waals surface area (Å²) >= 11 is 0. The molecule has 2 aromatic carbocycles. The molecule has 0 aliphatic rings. The number of imidazole rings is 1. The molecule has 0 aliphatic carbocycles. The third-order valence-electron chi connectivity index (χ3n) is 5.47. The zero-order chi connectivity index (χ0) is 25.1. The van der Waals surface area contributed by atoms with Crippen molar-refractivity contribution in [2.24, 2.45) is 0 Å². The van der Waals surface area contributed by atoms with E-state index < -0.39 is 0 Å².